The van der Waals surface area contributed by atoms with E-state index in [-0.39, 0.29) is 17.0 Å². The number of nitrogens with zero attached hydrogens (tertiary/aromatic N) is 5. The van der Waals surface area contributed by atoms with Crippen molar-refractivity contribution in [3.63, 3.8) is 0 Å². The number of hydrogen-bond donors (Lipinski definition) is 1. The van der Waals surface area contributed by atoms with Crippen LogP contribution in [0.4, 0.5) is 16.2 Å². The number of piperidine rings is 1. The van der Waals surface area contributed by atoms with Crippen LogP contribution >= 0.6 is 11.3 Å². The highest BCUT2D eigenvalue weighted by atomic mass is 32.1. The second-order valence-corrected chi connectivity index (χ2v) is 12.0. The number of carbonyl (C=O) groups is 1. The Morgan fingerprint density at radius 3 is 2.57 bits per heavy atom. The van der Waals surface area contributed by atoms with E-state index in [9.17, 15) is 4.79 Å². The predicted molar refractivity (Wildman–Crippen MR) is 144 cm³/mol. The smallest absolute Gasteiger partial charge is 0.255 e. The first-order valence-corrected chi connectivity index (χ1v) is 14.0. The van der Waals surface area contributed by atoms with Crippen molar-refractivity contribution in [1.29, 1.82) is 0 Å². The molecule has 5 heterocycles. The Hall–Kier alpha value is -2.91. The molecule has 2 aliphatic heterocycles. The molecule has 1 N–H and O–H groups in total. The van der Waals surface area contributed by atoms with Crippen molar-refractivity contribution in [2.75, 3.05) is 39.0 Å². The van der Waals surface area contributed by atoms with Crippen LogP contribution in [0.15, 0.2) is 24.5 Å². The van der Waals surface area contributed by atoms with Gasteiger partial charge >= 0.3 is 0 Å². The number of likely N-dealkylation sites (N-methyl/N-ethyl adjacent to an activating group) is 1. The van der Waals surface area contributed by atoms with Gasteiger partial charge in [-0.15, -0.1) is 11.3 Å². The van der Waals surface area contributed by atoms with Gasteiger partial charge in [-0.25, -0.2) is 19.3 Å². The molecule has 0 radical (unpaired) electrons. The highest BCUT2D eigenvalue weighted by molar-refractivity contribution is 7.16. The Morgan fingerprint density at radius 1 is 1.11 bits per heavy atom. The Kier molecular flexibility index (Phi) is 6.23. The largest absolute Gasteiger partial charge is 0.341 e. The fourth-order valence-corrected chi connectivity index (χ4v) is 7.89. The third-order valence-corrected chi connectivity index (χ3v) is 10.0. The second-order valence-electron chi connectivity index (χ2n) is 11.0. The monoisotopic (exact) mass is 520 g/mol. The zero-order valence-electron chi connectivity index (χ0n) is 21.7. The molecule has 0 aromatic carbocycles. The molecule has 1 spiro atoms. The summed E-state index contributed by atoms with van der Waals surface area (Å²) in [6.45, 7) is 4.86. The lowest BCUT2D eigenvalue weighted by atomic mass is 9.78. The van der Waals surface area contributed by atoms with Gasteiger partial charge in [0.05, 0.1) is 16.6 Å². The van der Waals surface area contributed by atoms with Crippen LogP contribution in [0.1, 0.15) is 70.8 Å². The molecular weight excluding hydrogens is 487 g/mol. The number of anilines is 2. The molecule has 0 unspecified atom stereocenters. The molecule has 3 aromatic rings. The molecule has 6 rings (SSSR count). The third kappa shape index (κ3) is 4.32. The summed E-state index contributed by atoms with van der Waals surface area (Å²) in [5.41, 5.74) is 3.02. The zero-order chi connectivity index (χ0) is 25.7. The Bertz CT molecular complexity index is 1330. The lowest BCUT2D eigenvalue weighted by Gasteiger charge is -2.38. The molecule has 1 amide bonds. The maximum Gasteiger partial charge on any atom is 0.255 e. The second kappa shape index (κ2) is 9.44. The van der Waals surface area contributed by atoms with E-state index >= 15 is 4.39 Å². The summed E-state index contributed by atoms with van der Waals surface area (Å²) in [7, 11) is 4.04. The minimum absolute atomic E-state index is 0.0182. The molecule has 3 aromatic heterocycles. The van der Waals surface area contributed by atoms with E-state index in [4.69, 9.17) is 0 Å². The number of fused-ring (bicyclic) bond motifs is 2. The van der Waals surface area contributed by atoms with Crippen molar-refractivity contribution >= 4 is 29.0 Å². The molecule has 2 fully saturated rings. The number of carbonyl (C=O) groups excluding carboxylic acids is 1. The van der Waals surface area contributed by atoms with E-state index in [0.717, 1.165) is 74.2 Å². The average molecular weight is 521 g/mol. The van der Waals surface area contributed by atoms with Crippen LogP contribution in [0, 0.1) is 12.7 Å². The van der Waals surface area contributed by atoms with Crippen molar-refractivity contribution in [1.82, 2.24) is 24.8 Å². The maximum absolute atomic E-state index is 15.1. The maximum atomic E-state index is 15.1. The average Bonchev–Trinajstić information content (AvgIpc) is 3.50. The van der Waals surface area contributed by atoms with Gasteiger partial charge in [-0.1, -0.05) is 18.9 Å². The molecule has 37 heavy (non-hydrogen) atoms. The van der Waals surface area contributed by atoms with Crippen LogP contribution in [0.3, 0.4) is 0 Å². The van der Waals surface area contributed by atoms with Crippen LogP contribution in [0.25, 0.3) is 10.6 Å². The number of amides is 1. The fourth-order valence-electron chi connectivity index (χ4n) is 6.36. The number of aromatic nitrogens is 3. The summed E-state index contributed by atoms with van der Waals surface area (Å²) < 4.78 is 15.1. The quantitative estimate of drug-likeness (QED) is 0.490. The van der Waals surface area contributed by atoms with Crippen LogP contribution in [0.2, 0.25) is 0 Å². The molecule has 194 valence electrons. The van der Waals surface area contributed by atoms with Gasteiger partial charge in [-0.05, 0) is 75.9 Å². The van der Waals surface area contributed by atoms with E-state index in [1.807, 2.05) is 31.1 Å². The van der Waals surface area contributed by atoms with Gasteiger partial charge in [-0.3, -0.25) is 4.79 Å². The Labute approximate surface area is 221 Å². The zero-order valence-corrected chi connectivity index (χ0v) is 22.5. The summed E-state index contributed by atoms with van der Waals surface area (Å²) in [6.07, 6.45) is 9.85. The number of likely N-dealkylation sites (tertiary alicyclic amines) is 1. The molecule has 0 bridgehead atoms. The Morgan fingerprint density at radius 2 is 1.86 bits per heavy atom. The van der Waals surface area contributed by atoms with Gasteiger partial charge in [0.15, 0.2) is 5.82 Å². The molecular formula is C28H33FN6OS. The summed E-state index contributed by atoms with van der Waals surface area (Å²) in [5.74, 6) is 0.983. The molecule has 0 atom stereocenters. The van der Waals surface area contributed by atoms with Gasteiger partial charge in [0.2, 0.25) is 5.95 Å². The number of hydrogen-bond acceptors (Lipinski definition) is 7. The van der Waals surface area contributed by atoms with Crippen molar-refractivity contribution in [3.05, 3.63) is 51.9 Å². The fraction of sp³-hybridized carbons (Fsp3) is 0.500. The van der Waals surface area contributed by atoms with Crippen molar-refractivity contribution in [2.45, 2.75) is 56.8 Å². The summed E-state index contributed by atoms with van der Waals surface area (Å²) in [5, 5.41) is 3.15. The molecule has 9 heteroatoms. The van der Waals surface area contributed by atoms with Crippen molar-refractivity contribution < 1.29 is 9.18 Å². The van der Waals surface area contributed by atoms with Crippen molar-refractivity contribution in [2.24, 2.45) is 0 Å². The minimum Gasteiger partial charge on any atom is -0.341 e. The molecule has 3 aliphatic rings. The van der Waals surface area contributed by atoms with E-state index in [1.54, 1.807) is 0 Å². The number of pyridine rings is 1. The van der Waals surface area contributed by atoms with Crippen LogP contribution in [0.5, 0.6) is 0 Å². The summed E-state index contributed by atoms with van der Waals surface area (Å²) in [4.78, 5) is 32.5. The summed E-state index contributed by atoms with van der Waals surface area (Å²) >= 11 is 1.54. The third-order valence-electron chi connectivity index (χ3n) is 8.46. The van der Waals surface area contributed by atoms with Gasteiger partial charge in [0.1, 0.15) is 11.5 Å². The van der Waals surface area contributed by atoms with Gasteiger partial charge in [0, 0.05) is 30.1 Å². The standard InChI is InChI=1S/C28H33FN6OS/c1-17-22-25(28(10-4-5-11-28)16-35(3)26(22)36)37-24(17)23-20(29)15-31-27(33-23)32-21-7-6-19(14-30-21)18-8-12-34(2)13-9-18/h6-7,14-15,18H,4-5,8-13,16H2,1-3H3,(H,30,31,32,33). The van der Waals surface area contributed by atoms with Gasteiger partial charge in [0.25, 0.3) is 5.91 Å². The molecule has 7 nitrogen and oxygen atoms in total. The molecule has 1 saturated heterocycles. The van der Waals surface area contributed by atoms with Crippen LogP contribution in [-0.4, -0.2) is 64.4 Å². The highest BCUT2D eigenvalue weighted by Gasteiger charge is 2.46. The first kappa shape index (κ1) is 24.4. The topological polar surface area (TPSA) is 74.2 Å². The number of halogens is 1. The number of nitrogens with one attached hydrogen (secondary N) is 1. The first-order chi connectivity index (χ1) is 17.8. The Balaban J connectivity index is 1.29. The van der Waals surface area contributed by atoms with E-state index in [2.05, 4.69) is 38.3 Å². The number of thiophene rings is 1. The first-order valence-electron chi connectivity index (χ1n) is 13.2. The minimum atomic E-state index is -0.487. The van der Waals surface area contributed by atoms with Crippen molar-refractivity contribution in [3.8, 4) is 10.6 Å². The lowest BCUT2D eigenvalue weighted by molar-refractivity contribution is 0.0727. The molecule has 1 saturated carbocycles. The predicted octanol–water partition coefficient (Wildman–Crippen LogP) is 5.50. The van der Waals surface area contributed by atoms with E-state index in [0.29, 0.717) is 22.6 Å². The van der Waals surface area contributed by atoms with Crippen LogP contribution in [-0.2, 0) is 5.41 Å². The summed E-state index contributed by atoms with van der Waals surface area (Å²) in [6, 6.07) is 4.05. The SMILES string of the molecule is Cc1c(-c2nc(Nc3ccc(C4CCN(C)CC4)cn3)ncc2F)sc2c1C(=O)N(C)CC21CCCC1. The van der Waals surface area contributed by atoms with Gasteiger partial charge < -0.3 is 15.1 Å². The molecule has 1 aliphatic carbocycles. The highest BCUT2D eigenvalue weighted by Crippen LogP contribution is 2.52. The van der Waals surface area contributed by atoms with Gasteiger partial charge in [-0.2, -0.15) is 0 Å². The number of rotatable bonds is 4. The van der Waals surface area contributed by atoms with E-state index in [1.165, 1.54) is 23.1 Å². The van der Waals surface area contributed by atoms with E-state index < -0.39 is 5.82 Å². The van der Waals surface area contributed by atoms with Crippen LogP contribution < -0.4 is 5.32 Å². The lowest BCUT2D eigenvalue weighted by Crippen LogP contribution is -2.45. The normalized spacial score (nSPS) is 20.0.